The van der Waals surface area contributed by atoms with Crippen LogP contribution in [0.5, 0.6) is 0 Å². The first kappa shape index (κ1) is 16.6. The summed E-state index contributed by atoms with van der Waals surface area (Å²) in [5.41, 5.74) is 2.04. The maximum absolute atomic E-state index is 5.79. The molecule has 0 saturated carbocycles. The van der Waals surface area contributed by atoms with E-state index in [0.29, 0.717) is 11.9 Å². The molecule has 0 bridgehead atoms. The molecule has 2 saturated heterocycles. The summed E-state index contributed by atoms with van der Waals surface area (Å²) in [7, 11) is 0. The van der Waals surface area contributed by atoms with E-state index in [9.17, 15) is 0 Å². The van der Waals surface area contributed by atoms with Crippen molar-refractivity contribution >= 4 is 11.6 Å². The molecule has 0 radical (unpaired) electrons. The zero-order chi connectivity index (χ0) is 18.1. The van der Waals surface area contributed by atoms with Gasteiger partial charge in [0.05, 0.1) is 11.8 Å². The van der Waals surface area contributed by atoms with Gasteiger partial charge in [-0.05, 0) is 12.8 Å². The van der Waals surface area contributed by atoms with Crippen LogP contribution < -0.4 is 4.90 Å². The molecular weight excluding hydrogens is 340 g/mol. The molecule has 2 fully saturated rings. The van der Waals surface area contributed by atoms with E-state index in [0.717, 1.165) is 56.4 Å². The van der Waals surface area contributed by atoms with E-state index in [1.54, 1.807) is 6.33 Å². The Balaban J connectivity index is 1.37. The summed E-state index contributed by atoms with van der Waals surface area (Å²) in [6, 6.07) is 12.4. The van der Waals surface area contributed by atoms with Crippen molar-refractivity contribution in [3.05, 3.63) is 42.7 Å². The standard InChI is InChI=1S/C20H24N6O/c1-2-5-16(6-3-1)18-13-19(26-20(23-18)21-15-22-26)25-10-8-24(9-11-25)14-17-7-4-12-27-17/h1-3,5-6,13,15,17H,4,7-12,14H2. The summed E-state index contributed by atoms with van der Waals surface area (Å²) in [4.78, 5) is 13.9. The van der Waals surface area contributed by atoms with Crippen LogP contribution in [0, 0.1) is 0 Å². The number of aromatic nitrogens is 4. The molecule has 2 aromatic heterocycles. The number of fused-ring (bicyclic) bond motifs is 1. The molecule has 0 amide bonds. The lowest BCUT2D eigenvalue weighted by Crippen LogP contribution is -2.49. The molecule has 0 N–H and O–H groups in total. The van der Waals surface area contributed by atoms with Crippen LogP contribution >= 0.6 is 0 Å². The second kappa shape index (κ2) is 7.25. The zero-order valence-corrected chi connectivity index (χ0v) is 15.4. The van der Waals surface area contributed by atoms with Gasteiger partial charge in [0.15, 0.2) is 0 Å². The van der Waals surface area contributed by atoms with Crippen LogP contribution in [-0.4, -0.2) is 69.9 Å². The summed E-state index contributed by atoms with van der Waals surface area (Å²) in [5, 5.41) is 4.40. The molecule has 140 valence electrons. The topological polar surface area (TPSA) is 58.8 Å². The number of benzene rings is 1. The molecule has 5 rings (SSSR count). The second-order valence-electron chi connectivity index (χ2n) is 7.26. The van der Waals surface area contributed by atoms with Crippen molar-refractivity contribution in [1.29, 1.82) is 0 Å². The van der Waals surface area contributed by atoms with Gasteiger partial charge in [-0.1, -0.05) is 30.3 Å². The predicted octanol–water partition coefficient (Wildman–Crippen LogP) is 2.09. The number of hydrogen-bond donors (Lipinski definition) is 0. The molecule has 1 atom stereocenters. The number of ether oxygens (including phenoxy) is 1. The molecule has 0 aliphatic carbocycles. The fourth-order valence-corrected chi connectivity index (χ4v) is 4.01. The fourth-order valence-electron chi connectivity index (χ4n) is 4.01. The number of anilines is 1. The number of nitrogens with zero attached hydrogens (tertiary/aromatic N) is 6. The van der Waals surface area contributed by atoms with Gasteiger partial charge in [0.1, 0.15) is 12.1 Å². The van der Waals surface area contributed by atoms with Crippen molar-refractivity contribution in [2.24, 2.45) is 0 Å². The molecule has 4 heterocycles. The highest BCUT2D eigenvalue weighted by Gasteiger charge is 2.24. The monoisotopic (exact) mass is 364 g/mol. The first-order chi connectivity index (χ1) is 13.4. The van der Waals surface area contributed by atoms with Crippen molar-refractivity contribution in [2.45, 2.75) is 18.9 Å². The Kier molecular flexibility index (Phi) is 4.47. The average Bonchev–Trinajstić information content (AvgIpc) is 3.40. The highest BCUT2D eigenvalue weighted by Crippen LogP contribution is 2.25. The van der Waals surface area contributed by atoms with Gasteiger partial charge >= 0.3 is 0 Å². The number of piperazine rings is 1. The Hall–Kier alpha value is -2.51. The summed E-state index contributed by atoms with van der Waals surface area (Å²) in [5.74, 6) is 1.71. The van der Waals surface area contributed by atoms with E-state index in [-0.39, 0.29) is 0 Å². The SMILES string of the molecule is c1ccc(-c2cc(N3CCN(CC4CCCO4)CC3)n3ncnc3n2)cc1. The summed E-state index contributed by atoms with van der Waals surface area (Å²) in [6.45, 7) is 6.00. The van der Waals surface area contributed by atoms with E-state index in [1.807, 2.05) is 22.7 Å². The van der Waals surface area contributed by atoms with E-state index in [4.69, 9.17) is 4.74 Å². The first-order valence-corrected chi connectivity index (χ1v) is 9.72. The van der Waals surface area contributed by atoms with E-state index in [1.165, 1.54) is 12.8 Å². The van der Waals surface area contributed by atoms with E-state index in [2.05, 4.69) is 43.1 Å². The lowest BCUT2D eigenvalue weighted by molar-refractivity contribution is 0.0712. The third kappa shape index (κ3) is 3.40. The largest absolute Gasteiger partial charge is 0.377 e. The molecule has 27 heavy (non-hydrogen) atoms. The van der Waals surface area contributed by atoms with Crippen molar-refractivity contribution in [3.63, 3.8) is 0 Å². The number of hydrogen-bond acceptors (Lipinski definition) is 6. The van der Waals surface area contributed by atoms with E-state index >= 15 is 0 Å². The first-order valence-electron chi connectivity index (χ1n) is 9.72. The lowest BCUT2D eigenvalue weighted by Gasteiger charge is -2.36. The highest BCUT2D eigenvalue weighted by molar-refractivity contribution is 5.65. The molecule has 0 spiro atoms. The van der Waals surface area contributed by atoms with Gasteiger partial charge in [0.25, 0.3) is 5.78 Å². The van der Waals surface area contributed by atoms with Crippen LogP contribution in [0.3, 0.4) is 0 Å². The Morgan fingerprint density at radius 2 is 1.93 bits per heavy atom. The van der Waals surface area contributed by atoms with Crippen molar-refractivity contribution < 1.29 is 4.74 Å². The van der Waals surface area contributed by atoms with Gasteiger partial charge in [0.2, 0.25) is 0 Å². The molecule has 1 unspecified atom stereocenters. The molecule has 7 nitrogen and oxygen atoms in total. The van der Waals surface area contributed by atoms with Crippen molar-refractivity contribution in [1.82, 2.24) is 24.5 Å². The fraction of sp³-hybridized carbons (Fsp3) is 0.450. The lowest BCUT2D eigenvalue weighted by atomic mass is 10.1. The van der Waals surface area contributed by atoms with Gasteiger partial charge in [0, 0.05) is 51.0 Å². The minimum absolute atomic E-state index is 0.421. The zero-order valence-electron chi connectivity index (χ0n) is 15.4. The quantitative estimate of drug-likeness (QED) is 0.707. The third-order valence-electron chi connectivity index (χ3n) is 5.48. The van der Waals surface area contributed by atoms with Crippen LogP contribution in [0.4, 0.5) is 5.82 Å². The van der Waals surface area contributed by atoms with Gasteiger partial charge in [-0.25, -0.2) is 4.98 Å². The molecular formula is C20H24N6O. The van der Waals surface area contributed by atoms with E-state index < -0.39 is 0 Å². The Morgan fingerprint density at radius 3 is 2.70 bits per heavy atom. The smallest absolute Gasteiger partial charge is 0.254 e. The van der Waals surface area contributed by atoms with Crippen LogP contribution in [0.1, 0.15) is 12.8 Å². The highest BCUT2D eigenvalue weighted by atomic mass is 16.5. The normalized spacial score (nSPS) is 21.2. The van der Waals surface area contributed by atoms with Crippen molar-refractivity contribution in [3.8, 4) is 11.3 Å². The Labute approximate surface area is 158 Å². The van der Waals surface area contributed by atoms with Gasteiger partial charge < -0.3 is 9.64 Å². The molecule has 2 aliphatic heterocycles. The molecule has 2 aliphatic rings. The number of rotatable bonds is 4. The maximum Gasteiger partial charge on any atom is 0.254 e. The molecule has 3 aromatic rings. The maximum atomic E-state index is 5.79. The predicted molar refractivity (Wildman–Crippen MR) is 104 cm³/mol. The minimum Gasteiger partial charge on any atom is -0.377 e. The van der Waals surface area contributed by atoms with Crippen LogP contribution in [-0.2, 0) is 4.74 Å². The van der Waals surface area contributed by atoms with Crippen molar-refractivity contribution in [2.75, 3.05) is 44.2 Å². The van der Waals surface area contributed by atoms with Crippen LogP contribution in [0.25, 0.3) is 17.0 Å². The second-order valence-corrected chi connectivity index (χ2v) is 7.26. The third-order valence-corrected chi connectivity index (χ3v) is 5.48. The van der Waals surface area contributed by atoms with Gasteiger partial charge in [-0.15, -0.1) is 0 Å². The summed E-state index contributed by atoms with van der Waals surface area (Å²) >= 11 is 0. The summed E-state index contributed by atoms with van der Waals surface area (Å²) in [6.07, 6.45) is 4.40. The molecule has 1 aromatic carbocycles. The average molecular weight is 364 g/mol. The Morgan fingerprint density at radius 1 is 1.07 bits per heavy atom. The molecule has 7 heteroatoms. The van der Waals surface area contributed by atoms with Gasteiger partial charge in [-0.3, -0.25) is 4.90 Å². The minimum atomic E-state index is 0.421. The Bertz CT molecular complexity index is 897. The van der Waals surface area contributed by atoms with Crippen LogP contribution in [0.15, 0.2) is 42.7 Å². The van der Waals surface area contributed by atoms with Crippen LogP contribution in [0.2, 0.25) is 0 Å². The van der Waals surface area contributed by atoms with Gasteiger partial charge in [-0.2, -0.15) is 14.6 Å². The summed E-state index contributed by atoms with van der Waals surface area (Å²) < 4.78 is 7.64.